The maximum atomic E-state index is 12.4. The number of aromatic nitrogens is 2. The summed E-state index contributed by atoms with van der Waals surface area (Å²) in [5.41, 5.74) is 3.25. The molecule has 0 bridgehead atoms. The minimum atomic E-state index is -0.124. The highest BCUT2D eigenvalue weighted by Crippen LogP contribution is 2.25. The van der Waals surface area contributed by atoms with E-state index >= 15 is 0 Å². The Hall–Kier alpha value is -2.99. The highest BCUT2D eigenvalue weighted by Gasteiger charge is 2.15. The highest BCUT2D eigenvalue weighted by atomic mass is 32.1. The van der Waals surface area contributed by atoms with E-state index in [2.05, 4.69) is 15.3 Å². The van der Waals surface area contributed by atoms with Gasteiger partial charge in [0, 0.05) is 11.3 Å². The van der Waals surface area contributed by atoms with Crippen LogP contribution in [-0.4, -0.2) is 15.9 Å². The van der Waals surface area contributed by atoms with Crippen LogP contribution in [0.2, 0.25) is 0 Å². The molecule has 0 atom stereocenters. The minimum absolute atomic E-state index is 0.124. The van der Waals surface area contributed by atoms with Crippen molar-refractivity contribution in [3.8, 4) is 11.5 Å². The predicted molar refractivity (Wildman–Crippen MR) is 103 cm³/mol. The topological polar surface area (TPSA) is 68.0 Å². The lowest BCUT2D eigenvalue weighted by molar-refractivity contribution is -0.115. The number of rotatable bonds is 4. The Labute approximate surface area is 154 Å². The second-order valence-electron chi connectivity index (χ2n) is 6.03. The maximum Gasteiger partial charge on any atom is 0.230 e. The first-order valence-corrected chi connectivity index (χ1v) is 9.09. The van der Waals surface area contributed by atoms with E-state index in [0.717, 1.165) is 26.5 Å². The smallest absolute Gasteiger partial charge is 0.230 e. The molecule has 5 nitrogen and oxygen atoms in total. The number of amides is 1. The molecule has 0 saturated carbocycles. The van der Waals surface area contributed by atoms with Crippen LogP contribution in [0.15, 0.2) is 52.9 Å². The van der Waals surface area contributed by atoms with E-state index in [1.807, 2.05) is 62.4 Å². The van der Waals surface area contributed by atoms with E-state index < -0.39 is 0 Å². The summed E-state index contributed by atoms with van der Waals surface area (Å²) in [5, 5.41) is 3.94. The van der Waals surface area contributed by atoms with Crippen LogP contribution < -0.4 is 5.32 Å². The van der Waals surface area contributed by atoms with Crippen molar-refractivity contribution in [3.05, 3.63) is 65.0 Å². The first-order valence-electron chi connectivity index (χ1n) is 8.27. The normalized spacial score (nSPS) is 11.0. The quantitative estimate of drug-likeness (QED) is 0.568. The predicted octanol–water partition coefficient (Wildman–Crippen LogP) is 4.75. The molecular formula is C20H17N3O2S. The standard InChI is InChI=1S/C20H17N3O2S/c1-12-17(23-20(25-12)14-6-4-3-5-7-14)11-19(24)22-15-8-9-16-18(10-15)26-13(2)21-16/h3-10H,11H2,1-2H3,(H,22,24). The van der Waals surface area contributed by atoms with Crippen LogP contribution in [0.1, 0.15) is 16.5 Å². The van der Waals surface area contributed by atoms with Crippen LogP contribution in [0.5, 0.6) is 0 Å². The number of oxazole rings is 1. The van der Waals surface area contributed by atoms with E-state index in [1.165, 1.54) is 0 Å². The number of nitrogens with zero attached hydrogens (tertiary/aromatic N) is 2. The molecule has 0 aliphatic heterocycles. The highest BCUT2D eigenvalue weighted by molar-refractivity contribution is 7.18. The van der Waals surface area contributed by atoms with E-state index in [1.54, 1.807) is 11.3 Å². The molecule has 2 heterocycles. The third-order valence-electron chi connectivity index (χ3n) is 4.02. The Balaban J connectivity index is 1.50. The van der Waals surface area contributed by atoms with Gasteiger partial charge in [0.05, 0.1) is 27.3 Å². The molecule has 0 saturated heterocycles. The average molecular weight is 363 g/mol. The Morgan fingerprint density at radius 3 is 2.73 bits per heavy atom. The lowest BCUT2D eigenvalue weighted by Gasteiger charge is -2.04. The van der Waals surface area contributed by atoms with Gasteiger partial charge in [-0.2, -0.15) is 0 Å². The van der Waals surface area contributed by atoms with Crippen LogP contribution in [-0.2, 0) is 11.2 Å². The van der Waals surface area contributed by atoms with Gasteiger partial charge in [0.1, 0.15) is 5.76 Å². The first-order chi connectivity index (χ1) is 12.6. The summed E-state index contributed by atoms with van der Waals surface area (Å²) < 4.78 is 6.77. The van der Waals surface area contributed by atoms with Gasteiger partial charge >= 0.3 is 0 Å². The number of anilines is 1. The number of thiazole rings is 1. The van der Waals surface area contributed by atoms with Crippen molar-refractivity contribution in [3.63, 3.8) is 0 Å². The van der Waals surface area contributed by atoms with E-state index in [4.69, 9.17) is 4.42 Å². The summed E-state index contributed by atoms with van der Waals surface area (Å²) >= 11 is 1.61. The Kier molecular flexibility index (Phi) is 4.26. The van der Waals surface area contributed by atoms with Crippen LogP contribution in [0, 0.1) is 13.8 Å². The van der Waals surface area contributed by atoms with Gasteiger partial charge in [0.2, 0.25) is 11.8 Å². The fourth-order valence-electron chi connectivity index (χ4n) is 2.77. The SMILES string of the molecule is Cc1nc2ccc(NC(=O)Cc3nc(-c4ccccc4)oc3C)cc2s1. The van der Waals surface area contributed by atoms with Crippen LogP contribution in [0.4, 0.5) is 5.69 Å². The van der Waals surface area contributed by atoms with Gasteiger partial charge < -0.3 is 9.73 Å². The van der Waals surface area contributed by atoms with Crippen molar-refractivity contribution in [2.24, 2.45) is 0 Å². The fourth-order valence-corrected chi connectivity index (χ4v) is 3.64. The molecule has 6 heteroatoms. The molecule has 4 rings (SSSR count). The van der Waals surface area contributed by atoms with Crippen LogP contribution >= 0.6 is 11.3 Å². The summed E-state index contributed by atoms with van der Waals surface area (Å²) in [6.07, 6.45) is 0.169. The second-order valence-corrected chi connectivity index (χ2v) is 7.26. The Morgan fingerprint density at radius 1 is 1.12 bits per heavy atom. The molecule has 0 fully saturated rings. The zero-order valence-corrected chi connectivity index (χ0v) is 15.3. The number of carbonyl (C=O) groups excluding carboxylic acids is 1. The molecule has 4 aromatic rings. The van der Waals surface area contributed by atoms with Crippen molar-refractivity contribution >= 4 is 33.1 Å². The number of benzene rings is 2. The molecular weight excluding hydrogens is 346 g/mol. The van der Waals surface area contributed by atoms with Gasteiger partial charge in [-0.25, -0.2) is 9.97 Å². The molecule has 1 amide bonds. The monoisotopic (exact) mass is 363 g/mol. The lowest BCUT2D eigenvalue weighted by atomic mass is 10.2. The van der Waals surface area contributed by atoms with Crippen molar-refractivity contribution in [2.45, 2.75) is 20.3 Å². The Bertz CT molecular complexity index is 1080. The molecule has 0 aliphatic carbocycles. The Morgan fingerprint density at radius 2 is 1.92 bits per heavy atom. The second kappa shape index (κ2) is 6.72. The molecule has 0 unspecified atom stereocenters. The third-order valence-corrected chi connectivity index (χ3v) is 4.95. The van der Waals surface area contributed by atoms with Gasteiger partial charge in [0.25, 0.3) is 0 Å². The fraction of sp³-hybridized carbons (Fsp3) is 0.150. The number of hydrogen-bond acceptors (Lipinski definition) is 5. The van der Waals surface area contributed by atoms with Crippen molar-refractivity contribution in [2.75, 3.05) is 5.32 Å². The van der Waals surface area contributed by atoms with Crippen LogP contribution in [0.3, 0.4) is 0 Å². The number of carbonyl (C=O) groups is 1. The van der Waals surface area contributed by atoms with Gasteiger partial charge in [-0.15, -0.1) is 11.3 Å². The van der Waals surface area contributed by atoms with E-state index in [9.17, 15) is 4.79 Å². The molecule has 2 aromatic heterocycles. The zero-order valence-electron chi connectivity index (χ0n) is 14.4. The summed E-state index contributed by atoms with van der Waals surface area (Å²) in [7, 11) is 0. The minimum Gasteiger partial charge on any atom is -0.441 e. The third kappa shape index (κ3) is 3.36. The molecule has 0 spiro atoms. The van der Waals surface area contributed by atoms with Gasteiger partial charge in [0.15, 0.2) is 0 Å². The lowest BCUT2D eigenvalue weighted by Crippen LogP contribution is -2.15. The summed E-state index contributed by atoms with van der Waals surface area (Å²) in [6, 6.07) is 15.4. The molecule has 0 aliphatic rings. The van der Waals surface area contributed by atoms with E-state index in [0.29, 0.717) is 17.3 Å². The molecule has 130 valence electrons. The number of fused-ring (bicyclic) bond motifs is 1. The van der Waals surface area contributed by atoms with Crippen molar-refractivity contribution < 1.29 is 9.21 Å². The number of aryl methyl sites for hydroxylation is 2. The van der Waals surface area contributed by atoms with Crippen molar-refractivity contribution in [1.29, 1.82) is 0 Å². The van der Waals surface area contributed by atoms with Gasteiger partial charge in [-0.3, -0.25) is 4.79 Å². The van der Waals surface area contributed by atoms with Gasteiger partial charge in [-0.05, 0) is 44.2 Å². The van der Waals surface area contributed by atoms with E-state index in [-0.39, 0.29) is 12.3 Å². The van der Waals surface area contributed by atoms with Crippen LogP contribution in [0.25, 0.3) is 21.7 Å². The summed E-state index contributed by atoms with van der Waals surface area (Å²) in [4.78, 5) is 21.3. The molecule has 1 N–H and O–H groups in total. The summed E-state index contributed by atoms with van der Waals surface area (Å²) in [6.45, 7) is 3.80. The largest absolute Gasteiger partial charge is 0.441 e. The first kappa shape index (κ1) is 16.5. The maximum absolute atomic E-state index is 12.4. The zero-order chi connectivity index (χ0) is 18.1. The average Bonchev–Trinajstić information content (AvgIpc) is 3.17. The van der Waals surface area contributed by atoms with Crippen molar-refractivity contribution in [1.82, 2.24) is 9.97 Å². The molecule has 26 heavy (non-hydrogen) atoms. The summed E-state index contributed by atoms with van der Waals surface area (Å²) in [5.74, 6) is 1.07. The van der Waals surface area contributed by atoms with Gasteiger partial charge in [-0.1, -0.05) is 18.2 Å². The number of nitrogens with one attached hydrogen (secondary N) is 1. The number of hydrogen-bond donors (Lipinski definition) is 1. The molecule has 0 radical (unpaired) electrons. The molecule has 2 aromatic carbocycles.